The van der Waals surface area contributed by atoms with Crippen LogP contribution in [0, 0.1) is 6.92 Å². The molecule has 1 aromatic heterocycles. The number of benzene rings is 2. The van der Waals surface area contributed by atoms with Crippen LogP contribution in [0.25, 0.3) is 0 Å². The molecule has 1 heterocycles. The standard InChI is InChI=1S/C20H21N5O5S/c1-3-30-16-10-8-15(9-11-16)25-31(28,29)20-17(12(2)23-24-20)19(27)22-14-6-4-13(5-7-14)18(21)26/h4-11,25H,3H2,1-2H3,(H2,21,26)(H,22,27)(H,23,24). The Morgan fingerprint density at radius 2 is 1.68 bits per heavy atom. The average Bonchev–Trinajstić information content (AvgIpc) is 3.12. The molecule has 0 aliphatic heterocycles. The molecule has 0 bridgehead atoms. The molecular weight excluding hydrogens is 422 g/mol. The van der Waals surface area contributed by atoms with E-state index in [-0.39, 0.29) is 22.5 Å². The lowest BCUT2D eigenvalue weighted by Gasteiger charge is -2.10. The molecular formula is C20H21N5O5S. The fourth-order valence-corrected chi connectivity index (χ4v) is 3.99. The van der Waals surface area contributed by atoms with Crippen molar-refractivity contribution in [2.45, 2.75) is 18.9 Å². The minimum Gasteiger partial charge on any atom is -0.494 e. The fraction of sp³-hybridized carbons (Fsp3) is 0.150. The summed E-state index contributed by atoms with van der Waals surface area (Å²) in [6, 6.07) is 12.2. The minimum absolute atomic E-state index is 0.127. The fourth-order valence-electron chi connectivity index (χ4n) is 2.77. The zero-order valence-corrected chi connectivity index (χ0v) is 17.6. The van der Waals surface area contributed by atoms with Crippen LogP contribution in [0.2, 0.25) is 0 Å². The number of aromatic nitrogens is 2. The van der Waals surface area contributed by atoms with Crippen molar-refractivity contribution in [3.05, 3.63) is 65.4 Å². The first kappa shape index (κ1) is 21.8. The van der Waals surface area contributed by atoms with Gasteiger partial charge in [-0.15, -0.1) is 0 Å². The number of carbonyl (C=O) groups excluding carboxylic acids is 2. The van der Waals surface area contributed by atoms with Gasteiger partial charge >= 0.3 is 0 Å². The van der Waals surface area contributed by atoms with Crippen molar-refractivity contribution in [3.8, 4) is 5.75 Å². The molecule has 0 aliphatic rings. The summed E-state index contributed by atoms with van der Waals surface area (Å²) < 4.78 is 33.5. The largest absolute Gasteiger partial charge is 0.494 e. The second-order valence-electron chi connectivity index (χ2n) is 6.49. The number of nitrogens with two attached hydrogens (primary N) is 1. The molecule has 0 saturated carbocycles. The Balaban J connectivity index is 1.83. The quantitative estimate of drug-likeness (QED) is 0.418. The number of sulfonamides is 1. The molecule has 0 atom stereocenters. The van der Waals surface area contributed by atoms with Crippen molar-refractivity contribution in [2.75, 3.05) is 16.6 Å². The Morgan fingerprint density at radius 3 is 2.26 bits per heavy atom. The van der Waals surface area contributed by atoms with E-state index in [1.165, 1.54) is 31.2 Å². The average molecular weight is 443 g/mol. The third-order valence-electron chi connectivity index (χ3n) is 4.24. The first-order chi connectivity index (χ1) is 14.7. The predicted molar refractivity (Wildman–Crippen MR) is 115 cm³/mol. The molecule has 0 unspecified atom stereocenters. The van der Waals surface area contributed by atoms with Gasteiger partial charge < -0.3 is 15.8 Å². The lowest BCUT2D eigenvalue weighted by Crippen LogP contribution is -2.20. The highest BCUT2D eigenvalue weighted by molar-refractivity contribution is 7.92. The minimum atomic E-state index is -4.16. The van der Waals surface area contributed by atoms with Crippen molar-refractivity contribution in [2.24, 2.45) is 5.73 Å². The molecule has 3 aromatic rings. The van der Waals surface area contributed by atoms with Crippen LogP contribution in [0.5, 0.6) is 5.75 Å². The predicted octanol–water partition coefficient (Wildman–Crippen LogP) is 2.27. The van der Waals surface area contributed by atoms with E-state index in [9.17, 15) is 18.0 Å². The maximum atomic E-state index is 12.9. The number of H-pyrrole nitrogens is 1. The Kier molecular flexibility index (Phi) is 6.25. The molecule has 2 amide bonds. The Bertz CT molecular complexity index is 1200. The first-order valence-electron chi connectivity index (χ1n) is 9.23. The molecule has 0 aliphatic carbocycles. The van der Waals surface area contributed by atoms with Gasteiger partial charge in [0, 0.05) is 22.6 Å². The van der Waals surface area contributed by atoms with Crippen LogP contribution >= 0.6 is 0 Å². The lowest BCUT2D eigenvalue weighted by atomic mass is 10.2. The highest BCUT2D eigenvalue weighted by atomic mass is 32.2. The number of aryl methyl sites for hydroxylation is 1. The number of rotatable bonds is 8. The number of ether oxygens (including phenoxy) is 1. The van der Waals surface area contributed by atoms with Crippen molar-refractivity contribution in [3.63, 3.8) is 0 Å². The van der Waals surface area contributed by atoms with E-state index in [1.54, 1.807) is 24.3 Å². The van der Waals surface area contributed by atoms with Gasteiger partial charge in [0.05, 0.1) is 6.61 Å². The summed E-state index contributed by atoms with van der Waals surface area (Å²) in [4.78, 5) is 23.9. The summed E-state index contributed by atoms with van der Waals surface area (Å²) in [5.74, 6) is -0.675. The van der Waals surface area contributed by atoms with Gasteiger partial charge in [0.15, 0.2) is 0 Å². The molecule has 5 N–H and O–H groups in total. The van der Waals surface area contributed by atoms with Crippen LogP contribution in [-0.2, 0) is 10.0 Å². The second-order valence-corrected chi connectivity index (χ2v) is 8.09. The summed E-state index contributed by atoms with van der Waals surface area (Å²) in [6.45, 7) is 3.87. The first-order valence-corrected chi connectivity index (χ1v) is 10.7. The molecule has 0 saturated heterocycles. The smallest absolute Gasteiger partial charge is 0.282 e. The molecule has 31 heavy (non-hydrogen) atoms. The number of hydrogen-bond donors (Lipinski definition) is 4. The molecule has 11 heteroatoms. The van der Waals surface area contributed by atoms with Gasteiger partial charge in [-0.05, 0) is 62.4 Å². The van der Waals surface area contributed by atoms with E-state index in [1.807, 2.05) is 6.92 Å². The zero-order chi connectivity index (χ0) is 22.6. The van der Waals surface area contributed by atoms with Gasteiger partial charge in [-0.2, -0.15) is 13.5 Å². The molecule has 10 nitrogen and oxygen atoms in total. The lowest BCUT2D eigenvalue weighted by molar-refractivity contribution is 0.0998. The number of carbonyl (C=O) groups is 2. The van der Waals surface area contributed by atoms with Crippen LogP contribution in [0.15, 0.2) is 53.6 Å². The molecule has 0 fully saturated rings. The van der Waals surface area contributed by atoms with Gasteiger partial charge in [0.2, 0.25) is 10.9 Å². The maximum Gasteiger partial charge on any atom is 0.282 e. The summed E-state index contributed by atoms with van der Waals surface area (Å²) in [7, 11) is -4.16. The van der Waals surface area contributed by atoms with Gasteiger partial charge in [0.25, 0.3) is 15.9 Å². The highest BCUT2D eigenvalue weighted by Gasteiger charge is 2.28. The SMILES string of the molecule is CCOc1ccc(NS(=O)(=O)c2n[nH]c(C)c2C(=O)Nc2ccc(C(N)=O)cc2)cc1. The van der Waals surface area contributed by atoms with Crippen molar-refractivity contribution >= 4 is 33.2 Å². The van der Waals surface area contributed by atoms with Crippen molar-refractivity contribution in [1.82, 2.24) is 10.2 Å². The monoisotopic (exact) mass is 443 g/mol. The normalized spacial score (nSPS) is 11.0. The van der Waals surface area contributed by atoms with Crippen molar-refractivity contribution < 1.29 is 22.7 Å². The van der Waals surface area contributed by atoms with Crippen LogP contribution in [0.3, 0.4) is 0 Å². The maximum absolute atomic E-state index is 12.9. The molecule has 162 valence electrons. The van der Waals surface area contributed by atoms with Gasteiger partial charge in [-0.25, -0.2) is 0 Å². The van der Waals surface area contributed by atoms with E-state index in [0.717, 1.165) is 0 Å². The molecule has 0 radical (unpaired) electrons. The van der Waals surface area contributed by atoms with Crippen LogP contribution in [0.1, 0.15) is 33.3 Å². The number of nitrogens with one attached hydrogen (secondary N) is 3. The Hall–Kier alpha value is -3.86. The van der Waals surface area contributed by atoms with Crippen LogP contribution in [0.4, 0.5) is 11.4 Å². The van der Waals surface area contributed by atoms with E-state index in [0.29, 0.717) is 18.0 Å². The highest BCUT2D eigenvalue weighted by Crippen LogP contribution is 2.23. The zero-order valence-electron chi connectivity index (χ0n) is 16.8. The Labute approximate surface area is 178 Å². The third kappa shape index (κ3) is 5.01. The number of aromatic amines is 1. The van der Waals surface area contributed by atoms with Crippen LogP contribution in [-0.4, -0.2) is 37.0 Å². The Morgan fingerprint density at radius 1 is 1.06 bits per heavy atom. The molecule has 2 aromatic carbocycles. The summed E-state index contributed by atoms with van der Waals surface area (Å²) in [5, 5.41) is 8.49. The molecule has 0 spiro atoms. The third-order valence-corrected chi connectivity index (χ3v) is 5.55. The van der Waals surface area contributed by atoms with E-state index in [2.05, 4.69) is 20.2 Å². The van der Waals surface area contributed by atoms with Gasteiger partial charge in [-0.3, -0.25) is 19.4 Å². The summed E-state index contributed by atoms with van der Waals surface area (Å²) in [5.41, 5.74) is 6.27. The second kappa shape index (κ2) is 8.88. The number of hydrogen-bond acceptors (Lipinski definition) is 6. The number of anilines is 2. The number of primary amides is 1. The summed E-state index contributed by atoms with van der Waals surface area (Å²) >= 11 is 0. The van der Waals surface area contributed by atoms with E-state index < -0.39 is 26.9 Å². The van der Waals surface area contributed by atoms with Gasteiger partial charge in [-0.1, -0.05) is 0 Å². The molecule has 3 rings (SSSR count). The van der Waals surface area contributed by atoms with E-state index >= 15 is 0 Å². The van der Waals surface area contributed by atoms with Crippen LogP contribution < -0.4 is 20.5 Å². The van der Waals surface area contributed by atoms with E-state index in [4.69, 9.17) is 10.5 Å². The summed E-state index contributed by atoms with van der Waals surface area (Å²) in [6.07, 6.45) is 0. The van der Waals surface area contributed by atoms with Crippen molar-refractivity contribution in [1.29, 1.82) is 0 Å². The number of amides is 2. The topological polar surface area (TPSA) is 156 Å². The van der Waals surface area contributed by atoms with Gasteiger partial charge in [0.1, 0.15) is 11.3 Å². The number of nitrogens with zero attached hydrogens (tertiary/aromatic N) is 1.